The van der Waals surface area contributed by atoms with E-state index in [4.69, 9.17) is 11.5 Å². The summed E-state index contributed by atoms with van der Waals surface area (Å²) in [5, 5.41) is 0. The van der Waals surface area contributed by atoms with Gasteiger partial charge in [-0.1, -0.05) is 12.1 Å². The van der Waals surface area contributed by atoms with Gasteiger partial charge in [0.2, 0.25) is 5.91 Å². The first-order chi connectivity index (χ1) is 7.00. The van der Waals surface area contributed by atoms with Crippen LogP contribution in [0.1, 0.15) is 12.5 Å². The second-order valence-electron chi connectivity index (χ2n) is 3.74. The first-order valence-corrected chi connectivity index (χ1v) is 4.84. The van der Waals surface area contributed by atoms with E-state index in [1.807, 2.05) is 36.2 Å². The molecular weight excluding hydrogens is 190 g/mol. The molecule has 4 heteroatoms. The molecule has 0 bridgehead atoms. The molecule has 0 aliphatic heterocycles. The number of rotatable bonds is 4. The number of nitrogen functional groups attached to an aromatic ring is 1. The summed E-state index contributed by atoms with van der Waals surface area (Å²) in [6.07, 6.45) is 0. The number of hydrogen-bond acceptors (Lipinski definition) is 3. The highest BCUT2D eigenvalue weighted by Crippen LogP contribution is 2.09. The molecule has 0 aliphatic rings. The number of amides is 1. The van der Waals surface area contributed by atoms with E-state index in [1.54, 1.807) is 6.92 Å². The minimum absolute atomic E-state index is 0.262. The molecular formula is C11H17N3O. The summed E-state index contributed by atoms with van der Waals surface area (Å²) in [6.45, 7) is 2.48. The van der Waals surface area contributed by atoms with Crippen LogP contribution in [0.15, 0.2) is 24.3 Å². The topological polar surface area (TPSA) is 72.4 Å². The number of anilines is 1. The predicted octanol–water partition coefficient (Wildman–Crippen LogP) is 0.574. The first-order valence-electron chi connectivity index (χ1n) is 4.84. The smallest absolute Gasteiger partial charge is 0.234 e. The molecule has 4 nitrogen and oxygen atoms in total. The van der Waals surface area contributed by atoms with E-state index in [9.17, 15) is 4.79 Å². The number of carbonyl (C=O) groups is 1. The Kier molecular flexibility index (Phi) is 3.68. The van der Waals surface area contributed by atoms with Gasteiger partial charge < -0.3 is 11.5 Å². The fraction of sp³-hybridized carbons (Fsp3) is 0.364. The second kappa shape index (κ2) is 4.79. The zero-order chi connectivity index (χ0) is 11.4. The Morgan fingerprint density at radius 2 is 1.93 bits per heavy atom. The first kappa shape index (κ1) is 11.5. The van der Waals surface area contributed by atoms with Crippen LogP contribution in [0.5, 0.6) is 0 Å². The van der Waals surface area contributed by atoms with Crippen molar-refractivity contribution >= 4 is 11.6 Å². The van der Waals surface area contributed by atoms with E-state index in [1.165, 1.54) is 0 Å². The number of nitrogens with two attached hydrogens (primary N) is 2. The largest absolute Gasteiger partial charge is 0.399 e. The number of carbonyl (C=O) groups excluding carboxylic acids is 1. The van der Waals surface area contributed by atoms with Gasteiger partial charge in [0.15, 0.2) is 0 Å². The monoisotopic (exact) mass is 207 g/mol. The van der Waals surface area contributed by atoms with Gasteiger partial charge in [0, 0.05) is 12.2 Å². The summed E-state index contributed by atoms with van der Waals surface area (Å²) in [6, 6.07) is 7.32. The molecule has 0 spiro atoms. The Bertz CT molecular complexity index is 334. The highest BCUT2D eigenvalue weighted by atomic mass is 16.1. The lowest BCUT2D eigenvalue weighted by Crippen LogP contribution is -2.39. The zero-order valence-electron chi connectivity index (χ0n) is 9.10. The molecule has 82 valence electrons. The van der Waals surface area contributed by atoms with Crippen LogP contribution < -0.4 is 11.5 Å². The van der Waals surface area contributed by atoms with Gasteiger partial charge >= 0.3 is 0 Å². The van der Waals surface area contributed by atoms with Gasteiger partial charge in [0.25, 0.3) is 0 Å². The van der Waals surface area contributed by atoms with Gasteiger partial charge in [-0.25, -0.2) is 0 Å². The average Bonchev–Trinajstić information content (AvgIpc) is 2.20. The van der Waals surface area contributed by atoms with Crippen LogP contribution in [0.25, 0.3) is 0 Å². The van der Waals surface area contributed by atoms with Crippen molar-refractivity contribution in [3.8, 4) is 0 Å². The number of nitrogens with zero attached hydrogens (tertiary/aromatic N) is 1. The maximum Gasteiger partial charge on any atom is 0.234 e. The third kappa shape index (κ3) is 3.25. The van der Waals surface area contributed by atoms with Gasteiger partial charge in [0.1, 0.15) is 0 Å². The minimum Gasteiger partial charge on any atom is -0.399 e. The highest BCUT2D eigenvalue weighted by Gasteiger charge is 2.14. The van der Waals surface area contributed by atoms with Crippen LogP contribution in [0.3, 0.4) is 0 Å². The van der Waals surface area contributed by atoms with Crippen LogP contribution in [-0.4, -0.2) is 23.9 Å². The maximum atomic E-state index is 10.9. The Hall–Kier alpha value is -1.55. The summed E-state index contributed by atoms with van der Waals surface area (Å²) >= 11 is 0. The molecule has 1 atom stereocenters. The van der Waals surface area contributed by atoms with E-state index in [0.717, 1.165) is 11.3 Å². The fourth-order valence-corrected chi connectivity index (χ4v) is 1.27. The number of primary amides is 1. The molecule has 0 heterocycles. The van der Waals surface area contributed by atoms with Crippen molar-refractivity contribution in [3.05, 3.63) is 29.8 Å². The number of hydrogen-bond donors (Lipinski definition) is 2. The van der Waals surface area contributed by atoms with Gasteiger partial charge in [-0.05, 0) is 31.7 Å². The van der Waals surface area contributed by atoms with Crippen molar-refractivity contribution in [2.45, 2.75) is 19.5 Å². The Morgan fingerprint density at radius 3 is 2.40 bits per heavy atom. The highest BCUT2D eigenvalue weighted by molar-refractivity contribution is 5.79. The molecule has 15 heavy (non-hydrogen) atoms. The number of benzene rings is 1. The van der Waals surface area contributed by atoms with Crippen LogP contribution in [0.2, 0.25) is 0 Å². The van der Waals surface area contributed by atoms with E-state index in [0.29, 0.717) is 6.54 Å². The third-order valence-electron chi connectivity index (χ3n) is 2.48. The van der Waals surface area contributed by atoms with Crippen molar-refractivity contribution in [2.24, 2.45) is 5.73 Å². The molecule has 1 unspecified atom stereocenters. The zero-order valence-corrected chi connectivity index (χ0v) is 9.10. The molecule has 0 fully saturated rings. The van der Waals surface area contributed by atoms with Crippen molar-refractivity contribution in [2.75, 3.05) is 12.8 Å². The standard InChI is InChI=1S/C11H17N3O/c1-8(11(13)15)14(2)7-9-3-5-10(12)6-4-9/h3-6,8H,7,12H2,1-2H3,(H2,13,15). The SMILES string of the molecule is CC(C(N)=O)N(C)Cc1ccc(N)cc1. The minimum atomic E-state index is -0.312. The lowest BCUT2D eigenvalue weighted by atomic mass is 10.2. The number of likely N-dealkylation sites (N-methyl/N-ethyl adjacent to an activating group) is 1. The van der Waals surface area contributed by atoms with E-state index in [-0.39, 0.29) is 11.9 Å². The molecule has 1 aromatic carbocycles. The lowest BCUT2D eigenvalue weighted by molar-refractivity contribution is -0.122. The van der Waals surface area contributed by atoms with Crippen molar-refractivity contribution in [1.29, 1.82) is 0 Å². The Labute approximate surface area is 89.9 Å². The molecule has 1 aromatic rings. The molecule has 1 amide bonds. The molecule has 0 radical (unpaired) electrons. The molecule has 0 saturated carbocycles. The third-order valence-corrected chi connectivity index (χ3v) is 2.48. The van der Waals surface area contributed by atoms with Crippen LogP contribution in [0, 0.1) is 0 Å². The van der Waals surface area contributed by atoms with Crippen LogP contribution in [0.4, 0.5) is 5.69 Å². The van der Waals surface area contributed by atoms with Crippen molar-refractivity contribution in [1.82, 2.24) is 4.90 Å². The summed E-state index contributed by atoms with van der Waals surface area (Å²) in [7, 11) is 1.87. The van der Waals surface area contributed by atoms with Gasteiger partial charge in [0.05, 0.1) is 6.04 Å². The predicted molar refractivity (Wildman–Crippen MR) is 61.0 cm³/mol. The quantitative estimate of drug-likeness (QED) is 0.709. The summed E-state index contributed by atoms with van der Waals surface area (Å²) in [5.41, 5.74) is 12.6. The molecule has 1 rings (SSSR count). The van der Waals surface area contributed by atoms with Gasteiger partial charge in [-0.15, -0.1) is 0 Å². The van der Waals surface area contributed by atoms with Crippen LogP contribution >= 0.6 is 0 Å². The Morgan fingerprint density at radius 1 is 1.40 bits per heavy atom. The molecule has 4 N–H and O–H groups in total. The molecule has 0 aliphatic carbocycles. The fourth-order valence-electron chi connectivity index (χ4n) is 1.27. The summed E-state index contributed by atoms with van der Waals surface area (Å²) in [4.78, 5) is 12.8. The maximum absolute atomic E-state index is 10.9. The Balaban J connectivity index is 2.62. The summed E-state index contributed by atoms with van der Waals surface area (Å²) in [5.74, 6) is -0.312. The lowest BCUT2D eigenvalue weighted by Gasteiger charge is -2.21. The van der Waals surface area contributed by atoms with Crippen LogP contribution in [-0.2, 0) is 11.3 Å². The van der Waals surface area contributed by atoms with E-state index < -0.39 is 0 Å². The van der Waals surface area contributed by atoms with E-state index >= 15 is 0 Å². The van der Waals surface area contributed by atoms with E-state index in [2.05, 4.69) is 0 Å². The average molecular weight is 207 g/mol. The molecule has 0 saturated heterocycles. The van der Waals surface area contributed by atoms with Crippen molar-refractivity contribution < 1.29 is 4.79 Å². The second-order valence-corrected chi connectivity index (χ2v) is 3.74. The summed E-state index contributed by atoms with van der Waals surface area (Å²) < 4.78 is 0. The van der Waals surface area contributed by atoms with Crippen molar-refractivity contribution in [3.63, 3.8) is 0 Å². The molecule has 0 aromatic heterocycles. The van der Waals surface area contributed by atoms with Gasteiger partial charge in [-0.3, -0.25) is 9.69 Å². The normalized spacial score (nSPS) is 12.7. The van der Waals surface area contributed by atoms with Gasteiger partial charge in [-0.2, -0.15) is 0 Å².